The maximum Gasteiger partial charge on any atom is 0.248 e. The van der Waals surface area contributed by atoms with Crippen molar-refractivity contribution in [2.24, 2.45) is 0 Å². The van der Waals surface area contributed by atoms with Gasteiger partial charge in [0.2, 0.25) is 5.91 Å². The van der Waals surface area contributed by atoms with Gasteiger partial charge in [-0.15, -0.1) is 0 Å². The van der Waals surface area contributed by atoms with Gasteiger partial charge < -0.3 is 15.0 Å². The Hall–Kier alpha value is -0.610. The summed E-state index contributed by atoms with van der Waals surface area (Å²) in [6.07, 6.45) is 2.27. The summed E-state index contributed by atoms with van der Waals surface area (Å²) in [4.78, 5) is 13.6. The Morgan fingerprint density at radius 3 is 2.33 bits per heavy atom. The summed E-state index contributed by atoms with van der Waals surface area (Å²) < 4.78 is 5.46. The molecule has 0 spiro atoms. The highest BCUT2D eigenvalue weighted by molar-refractivity contribution is 5.77. The fourth-order valence-corrected chi connectivity index (χ4v) is 1.56. The van der Waals surface area contributed by atoms with Crippen LogP contribution in [0.4, 0.5) is 0 Å². The highest BCUT2D eigenvalue weighted by Gasteiger charge is 2.20. The molecule has 1 saturated heterocycles. The van der Waals surface area contributed by atoms with E-state index in [4.69, 9.17) is 4.74 Å². The highest BCUT2D eigenvalue weighted by Crippen LogP contribution is 2.01. The number of carbonyl (C=O) groups is 1. The Balaban J connectivity index is 2.20. The molecule has 0 unspecified atom stereocenters. The maximum absolute atomic E-state index is 11.7. The molecule has 4 nitrogen and oxygen atoms in total. The second-order valence-electron chi connectivity index (χ2n) is 3.97. The topological polar surface area (TPSA) is 41.6 Å². The monoisotopic (exact) mass is 214 g/mol. The molecular formula is C11H22N2O2. The molecule has 15 heavy (non-hydrogen) atoms. The van der Waals surface area contributed by atoms with E-state index in [0.717, 1.165) is 39.0 Å². The standard InChI is InChI=1S/C11H22N2O2/c1-3-5-13(6-4-2)11(14)9-15-10-7-12-8-10/h10,12H,3-9H2,1-2H3. The van der Waals surface area contributed by atoms with Gasteiger partial charge in [-0.25, -0.2) is 0 Å². The Kier molecular flexibility index (Phi) is 5.65. The molecule has 1 amide bonds. The van der Waals surface area contributed by atoms with Crippen molar-refractivity contribution in [3.05, 3.63) is 0 Å². The molecule has 0 bridgehead atoms. The lowest BCUT2D eigenvalue weighted by atomic mass is 10.2. The van der Waals surface area contributed by atoms with Gasteiger partial charge in [0.25, 0.3) is 0 Å². The van der Waals surface area contributed by atoms with E-state index in [1.807, 2.05) is 4.90 Å². The summed E-state index contributed by atoms with van der Waals surface area (Å²) >= 11 is 0. The minimum absolute atomic E-state index is 0.130. The molecule has 0 aromatic heterocycles. The first kappa shape index (κ1) is 12.5. The molecule has 0 atom stereocenters. The molecule has 0 saturated carbocycles. The summed E-state index contributed by atoms with van der Waals surface area (Å²) in [6.45, 7) is 7.88. The number of amides is 1. The van der Waals surface area contributed by atoms with E-state index < -0.39 is 0 Å². The zero-order chi connectivity index (χ0) is 11.1. The van der Waals surface area contributed by atoms with Crippen LogP contribution >= 0.6 is 0 Å². The summed E-state index contributed by atoms with van der Waals surface area (Å²) in [7, 11) is 0. The van der Waals surface area contributed by atoms with Crippen molar-refractivity contribution in [1.82, 2.24) is 10.2 Å². The first-order valence-electron chi connectivity index (χ1n) is 5.88. The molecule has 0 aromatic carbocycles. The number of rotatable bonds is 7. The second-order valence-corrected chi connectivity index (χ2v) is 3.97. The van der Waals surface area contributed by atoms with Crippen molar-refractivity contribution in [2.45, 2.75) is 32.8 Å². The Bertz CT molecular complexity index is 187. The van der Waals surface area contributed by atoms with Crippen molar-refractivity contribution >= 4 is 5.91 Å². The largest absolute Gasteiger partial charge is 0.366 e. The summed E-state index contributed by atoms with van der Waals surface area (Å²) in [5, 5.41) is 3.11. The lowest BCUT2D eigenvalue weighted by Gasteiger charge is -2.28. The van der Waals surface area contributed by atoms with Gasteiger partial charge in [-0.1, -0.05) is 13.8 Å². The van der Waals surface area contributed by atoms with E-state index in [1.165, 1.54) is 0 Å². The molecular weight excluding hydrogens is 192 g/mol. The van der Waals surface area contributed by atoms with E-state index in [9.17, 15) is 4.79 Å². The third-order valence-electron chi connectivity index (χ3n) is 2.53. The number of nitrogens with zero attached hydrogens (tertiary/aromatic N) is 1. The molecule has 4 heteroatoms. The van der Waals surface area contributed by atoms with E-state index in [0.29, 0.717) is 0 Å². The van der Waals surface area contributed by atoms with Crippen LogP contribution in [-0.2, 0) is 9.53 Å². The maximum atomic E-state index is 11.7. The number of nitrogens with one attached hydrogen (secondary N) is 1. The van der Waals surface area contributed by atoms with Crippen LogP contribution in [0.3, 0.4) is 0 Å². The van der Waals surface area contributed by atoms with Crippen LogP contribution in [0.5, 0.6) is 0 Å². The van der Waals surface area contributed by atoms with Gasteiger partial charge in [0.1, 0.15) is 6.61 Å². The average molecular weight is 214 g/mol. The van der Waals surface area contributed by atoms with Crippen molar-refractivity contribution in [3.63, 3.8) is 0 Å². The van der Waals surface area contributed by atoms with Gasteiger partial charge >= 0.3 is 0 Å². The van der Waals surface area contributed by atoms with Crippen LogP contribution in [0.15, 0.2) is 0 Å². The molecule has 1 rings (SSSR count). The smallest absolute Gasteiger partial charge is 0.248 e. The third kappa shape index (κ3) is 4.18. The van der Waals surface area contributed by atoms with Crippen LogP contribution in [0.25, 0.3) is 0 Å². The first-order chi connectivity index (χ1) is 7.27. The SMILES string of the molecule is CCCN(CCC)C(=O)COC1CNC1. The van der Waals surface area contributed by atoms with E-state index >= 15 is 0 Å². The Morgan fingerprint density at radius 2 is 1.93 bits per heavy atom. The Morgan fingerprint density at radius 1 is 1.33 bits per heavy atom. The molecule has 1 N–H and O–H groups in total. The van der Waals surface area contributed by atoms with Crippen molar-refractivity contribution in [1.29, 1.82) is 0 Å². The van der Waals surface area contributed by atoms with Crippen molar-refractivity contribution in [3.8, 4) is 0 Å². The fourth-order valence-electron chi connectivity index (χ4n) is 1.56. The zero-order valence-electron chi connectivity index (χ0n) is 9.79. The summed E-state index contributed by atoms with van der Waals surface area (Å²) in [5.41, 5.74) is 0. The predicted octanol–water partition coefficient (Wildman–Crippen LogP) is 0.623. The highest BCUT2D eigenvalue weighted by atomic mass is 16.5. The van der Waals surface area contributed by atoms with E-state index in [2.05, 4.69) is 19.2 Å². The minimum atomic E-state index is 0.130. The van der Waals surface area contributed by atoms with Crippen LogP contribution in [0.2, 0.25) is 0 Å². The van der Waals surface area contributed by atoms with Gasteiger partial charge in [0.05, 0.1) is 6.10 Å². The van der Waals surface area contributed by atoms with Gasteiger partial charge in [-0.3, -0.25) is 4.79 Å². The predicted molar refractivity (Wildman–Crippen MR) is 59.8 cm³/mol. The lowest BCUT2D eigenvalue weighted by molar-refractivity contribution is -0.139. The quantitative estimate of drug-likeness (QED) is 0.675. The summed E-state index contributed by atoms with van der Waals surface area (Å²) in [5.74, 6) is 0.130. The van der Waals surface area contributed by atoms with E-state index in [1.54, 1.807) is 0 Å². The molecule has 0 aliphatic carbocycles. The van der Waals surface area contributed by atoms with Crippen LogP contribution in [-0.4, -0.2) is 49.7 Å². The number of ether oxygens (including phenoxy) is 1. The average Bonchev–Trinajstić information content (AvgIpc) is 2.15. The van der Waals surface area contributed by atoms with E-state index in [-0.39, 0.29) is 18.6 Å². The molecule has 1 fully saturated rings. The van der Waals surface area contributed by atoms with Gasteiger partial charge in [0.15, 0.2) is 0 Å². The molecule has 1 aliphatic rings. The molecule has 0 aromatic rings. The molecule has 88 valence electrons. The van der Waals surface area contributed by atoms with Crippen molar-refractivity contribution < 1.29 is 9.53 Å². The normalized spacial score (nSPS) is 16.1. The van der Waals surface area contributed by atoms with Crippen LogP contribution < -0.4 is 5.32 Å². The molecule has 0 radical (unpaired) electrons. The first-order valence-corrected chi connectivity index (χ1v) is 5.88. The second kappa shape index (κ2) is 6.80. The molecule has 1 heterocycles. The summed E-state index contributed by atoms with van der Waals surface area (Å²) in [6, 6.07) is 0. The Labute approximate surface area is 92.0 Å². The minimum Gasteiger partial charge on any atom is -0.366 e. The number of hydrogen-bond acceptors (Lipinski definition) is 3. The number of hydrogen-bond donors (Lipinski definition) is 1. The third-order valence-corrected chi connectivity index (χ3v) is 2.53. The van der Waals surface area contributed by atoms with Gasteiger partial charge in [-0.05, 0) is 12.8 Å². The van der Waals surface area contributed by atoms with Gasteiger partial charge in [-0.2, -0.15) is 0 Å². The zero-order valence-corrected chi connectivity index (χ0v) is 9.79. The molecule has 1 aliphatic heterocycles. The van der Waals surface area contributed by atoms with Crippen molar-refractivity contribution in [2.75, 3.05) is 32.8 Å². The van der Waals surface area contributed by atoms with Gasteiger partial charge in [0, 0.05) is 26.2 Å². The fraction of sp³-hybridized carbons (Fsp3) is 0.909. The van der Waals surface area contributed by atoms with Crippen LogP contribution in [0.1, 0.15) is 26.7 Å². The van der Waals surface area contributed by atoms with Crippen LogP contribution in [0, 0.1) is 0 Å². The number of carbonyl (C=O) groups excluding carboxylic acids is 1. The lowest BCUT2D eigenvalue weighted by Crippen LogP contribution is -2.50.